The molecule has 2 aromatic carbocycles. The topological polar surface area (TPSA) is 55.8 Å². The highest BCUT2D eigenvalue weighted by molar-refractivity contribution is 5.98. The minimum atomic E-state index is -1.17. The zero-order valence-corrected chi connectivity index (χ0v) is 13.9. The number of ether oxygens (including phenoxy) is 1. The van der Waals surface area contributed by atoms with Crippen LogP contribution in [-0.2, 0) is 20.8 Å². The molecule has 5 heteroatoms. The summed E-state index contributed by atoms with van der Waals surface area (Å²) < 4.78 is 5.00. The highest BCUT2D eigenvalue weighted by Crippen LogP contribution is 2.30. The number of Topliss-reactive ketones (excluding diaryl/α,β-unsaturated/α-hetero) is 1. The molecule has 0 radical (unpaired) electrons. The van der Waals surface area contributed by atoms with Crippen LogP contribution in [0.4, 0.5) is 0 Å². The monoisotopic (exact) mass is 337 g/mol. The van der Waals surface area contributed by atoms with Gasteiger partial charge in [0.05, 0.1) is 13.7 Å². The molecule has 1 heterocycles. The molecule has 1 aliphatic rings. The summed E-state index contributed by atoms with van der Waals surface area (Å²) >= 11 is 0. The number of benzene rings is 2. The van der Waals surface area contributed by atoms with E-state index < -0.39 is 11.5 Å². The van der Waals surface area contributed by atoms with Crippen molar-refractivity contribution in [1.82, 2.24) is 5.06 Å². The van der Waals surface area contributed by atoms with Gasteiger partial charge in [-0.25, -0.2) is 4.79 Å². The van der Waals surface area contributed by atoms with Crippen molar-refractivity contribution in [2.75, 3.05) is 13.7 Å². The van der Waals surface area contributed by atoms with Crippen LogP contribution in [0.15, 0.2) is 73.0 Å². The quantitative estimate of drug-likeness (QED) is 0.599. The van der Waals surface area contributed by atoms with Crippen molar-refractivity contribution in [2.45, 2.75) is 12.0 Å². The van der Waals surface area contributed by atoms with Crippen LogP contribution < -0.4 is 0 Å². The van der Waals surface area contributed by atoms with E-state index in [4.69, 9.17) is 9.57 Å². The van der Waals surface area contributed by atoms with Crippen LogP contribution in [0.1, 0.15) is 15.9 Å². The predicted octanol–water partition coefficient (Wildman–Crippen LogP) is 2.78. The third-order valence-electron chi connectivity index (χ3n) is 4.22. The van der Waals surface area contributed by atoms with Crippen molar-refractivity contribution in [3.8, 4) is 0 Å². The molecule has 128 valence electrons. The molecule has 0 amide bonds. The lowest BCUT2D eigenvalue weighted by molar-refractivity contribution is -0.178. The van der Waals surface area contributed by atoms with E-state index in [1.807, 2.05) is 36.4 Å². The maximum Gasteiger partial charge on any atom is 0.334 e. The molecule has 3 rings (SSSR count). The van der Waals surface area contributed by atoms with Gasteiger partial charge in [0.2, 0.25) is 0 Å². The van der Waals surface area contributed by atoms with E-state index >= 15 is 0 Å². The second kappa shape index (κ2) is 7.32. The predicted molar refractivity (Wildman–Crippen MR) is 92.6 cm³/mol. The van der Waals surface area contributed by atoms with Gasteiger partial charge in [0.15, 0.2) is 11.3 Å². The normalized spacial score (nSPS) is 19.4. The molecule has 0 saturated heterocycles. The first-order chi connectivity index (χ1) is 12.2. The van der Waals surface area contributed by atoms with Crippen molar-refractivity contribution >= 4 is 11.8 Å². The number of ketones is 1. The number of hydrogen-bond acceptors (Lipinski definition) is 5. The largest absolute Gasteiger partial charge is 0.467 e. The van der Waals surface area contributed by atoms with Crippen molar-refractivity contribution in [3.63, 3.8) is 0 Å². The summed E-state index contributed by atoms with van der Waals surface area (Å²) in [6.45, 7) is -0.0566. The van der Waals surface area contributed by atoms with E-state index in [1.54, 1.807) is 30.3 Å². The molecule has 1 aliphatic heterocycles. The van der Waals surface area contributed by atoms with Gasteiger partial charge >= 0.3 is 5.97 Å². The van der Waals surface area contributed by atoms with Gasteiger partial charge < -0.3 is 9.57 Å². The summed E-state index contributed by atoms with van der Waals surface area (Å²) in [7, 11) is 1.33. The van der Waals surface area contributed by atoms with E-state index in [0.29, 0.717) is 12.0 Å². The minimum absolute atomic E-state index is 0.0566. The van der Waals surface area contributed by atoms with Crippen LogP contribution >= 0.6 is 0 Å². The van der Waals surface area contributed by atoms with Crippen molar-refractivity contribution < 1.29 is 19.2 Å². The van der Waals surface area contributed by atoms with Crippen LogP contribution in [0, 0.1) is 0 Å². The highest BCUT2D eigenvalue weighted by Gasteiger charge is 2.48. The molecular weight excluding hydrogens is 318 g/mol. The lowest BCUT2D eigenvalue weighted by Gasteiger charge is -2.32. The molecule has 0 saturated carbocycles. The highest BCUT2D eigenvalue weighted by atomic mass is 16.7. The van der Waals surface area contributed by atoms with Crippen molar-refractivity contribution in [3.05, 3.63) is 84.1 Å². The number of hydroxylamine groups is 2. The maximum atomic E-state index is 12.6. The Balaban J connectivity index is 1.86. The summed E-state index contributed by atoms with van der Waals surface area (Å²) in [6, 6.07) is 18.5. The van der Waals surface area contributed by atoms with Gasteiger partial charge in [0.1, 0.15) is 6.26 Å². The molecule has 0 fully saturated rings. The molecule has 0 aromatic heterocycles. The van der Waals surface area contributed by atoms with Gasteiger partial charge in [-0.3, -0.25) is 4.79 Å². The fourth-order valence-electron chi connectivity index (χ4n) is 2.89. The van der Waals surface area contributed by atoms with E-state index in [2.05, 4.69) is 0 Å². The minimum Gasteiger partial charge on any atom is -0.467 e. The molecule has 0 spiro atoms. The van der Waals surface area contributed by atoms with E-state index in [-0.39, 0.29) is 12.3 Å². The second-order valence-corrected chi connectivity index (χ2v) is 5.81. The first kappa shape index (κ1) is 16.9. The summed E-state index contributed by atoms with van der Waals surface area (Å²) in [5, 5.41) is 1.39. The van der Waals surface area contributed by atoms with Gasteiger partial charge in [0.25, 0.3) is 0 Å². The zero-order valence-electron chi connectivity index (χ0n) is 13.9. The van der Waals surface area contributed by atoms with Crippen LogP contribution in [0.25, 0.3) is 0 Å². The second-order valence-electron chi connectivity index (χ2n) is 5.81. The van der Waals surface area contributed by atoms with Crippen LogP contribution in [-0.4, -0.2) is 36.0 Å². The molecule has 1 unspecified atom stereocenters. The summed E-state index contributed by atoms with van der Waals surface area (Å²) in [6.07, 6.45) is 3.42. The molecule has 0 bridgehead atoms. The summed E-state index contributed by atoms with van der Waals surface area (Å²) in [4.78, 5) is 30.6. The molecule has 2 aromatic rings. The number of carbonyl (C=O) groups excluding carboxylic acids is 2. The van der Waals surface area contributed by atoms with Gasteiger partial charge in [-0.15, -0.1) is 5.06 Å². The lowest BCUT2D eigenvalue weighted by atomic mass is 9.90. The Labute approximate surface area is 146 Å². The van der Waals surface area contributed by atoms with E-state index in [9.17, 15) is 9.59 Å². The first-order valence-electron chi connectivity index (χ1n) is 7.98. The molecule has 25 heavy (non-hydrogen) atoms. The Morgan fingerprint density at radius 2 is 1.68 bits per heavy atom. The molecule has 0 aliphatic carbocycles. The molecule has 5 nitrogen and oxygen atoms in total. The molecular formula is C20H19NO4. The number of rotatable bonds is 6. The first-order valence-corrected chi connectivity index (χ1v) is 7.98. The standard InChI is InChI=1S/C20H19NO4/c1-24-19(23)20(14-16-8-4-2-5-9-16)12-13-25-21(20)15-18(22)17-10-6-3-7-11-17/h2-13H,14-15H2,1H3. The number of nitrogens with zero attached hydrogens (tertiary/aromatic N) is 1. The van der Waals surface area contributed by atoms with Crippen molar-refractivity contribution in [2.24, 2.45) is 0 Å². The summed E-state index contributed by atoms with van der Waals surface area (Å²) in [5.41, 5.74) is 0.345. The van der Waals surface area contributed by atoms with Crippen molar-refractivity contribution in [1.29, 1.82) is 0 Å². The Morgan fingerprint density at radius 1 is 1.04 bits per heavy atom. The van der Waals surface area contributed by atoms with E-state index in [0.717, 1.165) is 5.56 Å². The maximum absolute atomic E-state index is 12.6. The third-order valence-corrected chi connectivity index (χ3v) is 4.22. The Bertz CT molecular complexity index is 773. The van der Waals surface area contributed by atoms with Gasteiger partial charge in [-0.05, 0) is 11.6 Å². The number of methoxy groups -OCH3 is 1. The Kier molecular flexibility index (Phi) is 4.95. The van der Waals surface area contributed by atoms with Gasteiger partial charge in [-0.2, -0.15) is 0 Å². The summed E-state index contributed by atoms with van der Waals surface area (Å²) in [5.74, 6) is -0.600. The fourth-order valence-corrected chi connectivity index (χ4v) is 2.89. The SMILES string of the molecule is COC(=O)C1(Cc2ccccc2)C=CON1CC(=O)c1ccccc1. The Hall–Kier alpha value is -2.92. The number of carbonyl (C=O) groups is 2. The average Bonchev–Trinajstić information content (AvgIpc) is 3.05. The zero-order chi connectivity index (χ0) is 17.7. The average molecular weight is 337 g/mol. The number of hydrogen-bond donors (Lipinski definition) is 0. The van der Waals surface area contributed by atoms with Crippen LogP contribution in [0.2, 0.25) is 0 Å². The lowest BCUT2D eigenvalue weighted by Crippen LogP contribution is -2.53. The number of esters is 1. The van der Waals surface area contributed by atoms with E-state index in [1.165, 1.54) is 18.4 Å². The third kappa shape index (κ3) is 3.46. The van der Waals surface area contributed by atoms with Crippen LogP contribution in [0.5, 0.6) is 0 Å². The molecule has 0 N–H and O–H groups in total. The van der Waals surface area contributed by atoms with Crippen LogP contribution in [0.3, 0.4) is 0 Å². The smallest absolute Gasteiger partial charge is 0.334 e. The molecule has 1 atom stereocenters. The van der Waals surface area contributed by atoms with Gasteiger partial charge in [0, 0.05) is 12.0 Å². The van der Waals surface area contributed by atoms with Gasteiger partial charge in [-0.1, -0.05) is 60.7 Å². The Morgan fingerprint density at radius 3 is 2.32 bits per heavy atom. The fraction of sp³-hybridized carbons (Fsp3) is 0.200.